The van der Waals surface area contributed by atoms with E-state index in [4.69, 9.17) is 18.6 Å². The zero-order valence-electron chi connectivity index (χ0n) is 25.0. The SMILES string of the molecule is CN1C=CN(c2[c-]c(Oc3[c-]c(N(c4ccccc4)c4ccccn4)c4oc5ccccc5c4c3)c3c(c2)oc2ccccc23)[CH-]1.[Pt]. The Hall–Kier alpha value is -5.52. The molecule has 0 N–H and O–H groups in total. The molecule has 0 unspecified atom stereocenters. The number of ether oxygens (including phenoxy) is 1. The average Bonchev–Trinajstić information content (AvgIpc) is 3.81. The molecule has 0 radical (unpaired) electrons. The number of rotatable bonds is 6. The average molecular weight is 793 g/mol. The first kappa shape index (κ1) is 28.9. The zero-order valence-corrected chi connectivity index (χ0v) is 27.3. The molecule has 4 heterocycles. The molecule has 0 saturated carbocycles. The Morgan fingerprint density at radius 3 is 2.26 bits per heavy atom. The van der Waals surface area contributed by atoms with Crippen LogP contribution in [0.5, 0.6) is 11.5 Å². The van der Waals surface area contributed by atoms with Crippen molar-refractivity contribution in [1.82, 2.24) is 9.88 Å². The topological polar surface area (TPSA) is 58.1 Å². The molecule has 1 aliphatic rings. The Morgan fingerprint density at radius 1 is 0.745 bits per heavy atom. The fourth-order valence-corrected chi connectivity index (χ4v) is 6.03. The van der Waals surface area contributed by atoms with Crippen LogP contribution in [0.25, 0.3) is 43.9 Å². The molecule has 5 aromatic carbocycles. The van der Waals surface area contributed by atoms with Gasteiger partial charge < -0.3 is 28.3 Å². The van der Waals surface area contributed by atoms with Gasteiger partial charge in [0, 0.05) is 61.0 Å². The fourth-order valence-electron chi connectivity index (χ4n) is 6.03. The smallest absolute Gasteiger partial charge is 0.135 e. The largest absolute Gasteiger partial charge is 0.513 e. The Balaban J connectivity index is 0.00000324. The van der Waals surface area contributed by atoms with E-state index in [9.17, 15) is 0 Å². The van der Waals surface area contributed by atoms with Crippen molar-refractivity contribution in [2.24, 2.45) is 0 Å². The summed E-state index contributed by atoms with van der Waals surface area (Å²) in [6.45, 7) is 1.97. The van der Waals surface area contributed by atoms with Crippen LogP contribution in [0.2, 0.25) is 0 Å². The minimum Gasteiger partial charge on any atom is -0.513 e. The van der Waals surface area contributed by atoms with Crippen LogP contribution in [0.1, 0.15) is 0 Å². The molecule has 8 aromatic rings. The van der Waals surface area contributed by atoms with Gasteiger partial charge in [0.2, 0.25) is 0 Å². The van der Waals surface area contributed by atoms with Crippen molar-refractivity contribution in [3.8, 4) is 11.5 Å². The van der Waals surface area contributed by atoms with Crippen molar-refractivity contribution in [2.45, 2.75) is 0 Å². The summed E-state index contributed by atoms with van der Waals surface area (Å²) in [5.41, 5.74) is 5.31. The molecule has 0 atom stereocenters. The number of furan rings is 2. The summed E-state index contributed by atoms with van der Waals surface area (Å²) in [5.74, 6) is 1.76. The van der Waals surface area contributed by atoms with Crippen molar-refractivity contribution < 1.29 is 34.6 Å². The maximum atomic E-state index is 6.84. The molecule has 1 aliphatic heterocycles. The molecule has 9 rings (SSSR count). The van der Waals surface area contributed by atoms with Gasteiger partial charge in [-0.2, -0.15) is 6.67 Å². The summed E-state index contributed by atoms with van der Waals surface area (Å²) in [7, 11) is 1.98. The molecule has 0 amide bonds. The van der Waals surface area contributed by atoms with Gasteiger partial charge in [-0.05, 0) is 72.3 Å². The number of pyridine rings is 1. The summed E-state index contributed by atoms with van der Waals surface area (Å²) in [5, 5.41) is 3.66. The Bertz CT molecular complexity index is 2380. The van der Waals surface area contributed by atoms with Gasteiger partial charge in [-0.25, -0.2) is 4.98 Å². The monoisotopic (exact) mass is 792 g/mol. The Kier molecular flexibility index (Phi) is 7.19. The minimum absolute atomic E-state index is 0. The van der Waals surface area contributed by atoms with Crippen molar-refractivity contribution in [3.63, 3.8) is 0 Å². The number of fused-ring (bicyclic) bond motifs is 6. The van der Waals surface area contributed by atoms with Crippen LogP contribution in [0.15, 0.2) is 137 Å². The third kappa shape index (κ3) is 5.00. The second-order valence-electron chi connectivity index (χ2n) is 11.1. The van der Waals surface area contributed by atoms with Crippen LogP contribution in [-0.4, -0.2) is 16.9 Å². The van der Waals surface area contributed by atoms with Crippen molar-refractivity contribution in [1.29, 1.82) is 0 Å². The predicted octanol–water partition coefficient (Wildman–Crippen LogP) is 10.1. The van der Waals surface area contributed by atoms with Gasteiger partial charge in [-0.1, -0.05) is 71.7 Å². The van der Waals surface area contributed by atoms with Gasteiger partial charge in [0.15, 0.2) is 0 Å². The summed E-state index contributed by atoms with van der Waals surface area (Å²) in [6, 6.07) is 43.0. The summed E-state index contributed by atoms with van der Waals surface area (Å²) < 4.78 is 19.7. The van der Waals surface area contributed by atoms with Crippen LogP contribution in [0.4, 0.5) is 22.9 Å². The third-order valence-corrected chi connectivity index (χ3v) is 8.10. The standard InChI is InChI=1S/C39H25N4O3.Pt/c1-41-19-20-42(25-41)27-21-35(38-30-14-6-8-16-34(30)45-36(38)22-27)44-28-23-31-29-13-5-7-15-33(29)46-39(31)32(24-28)43(26-11-3-2-4-12-26)37-17-9-10-18-40-37;/h2-20,22-23,25H,1H3;/q-3;. The summed E-state index contributed by atoms with van der Waals surface area (Å²) >= 11 is 0. The van der Waals surface area contributed by atoms with Gasteiger partial charge >= 0.3 is 0 Å². The molecule has 3 aromatic heterocycles. The van der Waals surface area contributed by atoms with E-state index in [1.165, 1.54) is 0 Å². The molecule has 8 heteroatoms. The van der Waals surface area contributed by atoms with E-state index in [0.717, 1.165) is 49.9 Å². The molecule has 0 bridgehead atoms. The minimum atomic E-state index is 0. The molecule has 7 nitrogen and oxygen atoms in total. The van der Waals surface area contributed by atoms with Crippen LogP contribution < -0.4 is 14.5 Å². The Labute approximate surface area is 285 Å². The van der Waals surface area contributed by atoms with E-state index in [2.05, 4.69) is 18.2 Å². The number of para-hydroxylation sites is 3. The molecule has 232 valence electrons. The quantitative estimate of drug-likeness (QED) is 0.156. The van der Waals surface area contributed by atoms with E-state index in [1.807, 2.05) is 144 Å². The van der Waals surface area contributed by atoms with Crippen molar-refractivity contribution in [2.75, 3.05) is 16.8 Å². The van der Waals surface area contributed by atoms with Gasteiger partial charge in [-0.3, -0.25) is 0 Å². The number of benzene rings is 5. The third-order valence-electron chi connectivity index (χ3n) is 8.10. The first-order chi connectivity index (χ1) is 22.7. The predicted molar refractivity (Wildman–Crippen MR) is 181 cm³/mol. The summed E-state index contributed by atoms with van der Waals surface area (Å²) in [4.78, 5) is 10.7. The fraction of sp³-hybridized carbons (Fsp3) is 0.0256. The van der Waals surface area contributed by atoms with E-state index < -0.39 is 0 Å². The molecule has 0 spiro atoms. The number of hydrogen-bond acceptors (Lipinski definition) is 7. The van der Waals surface area contributed by atoms with Gasteiger partial charge in [-0.15, -0.1) is 24.3 Å². The van der Waals surface area contributed by atoms with E-state index in [1.54, 1.807) is 6.20 Å². The number of aromatic nitrogens is 1. The van der Waals surface area contributed by atoms with Crippen LogP contribution in [-0.2, 0) is 21.1 Å². The van der Waals surface area contributed by atoms with Crippen LogP contribution >= 0.6 is 0 Å². The maximum absolute atomic E-state index is 6.84. The first-order valence-corrected chi connectivity index (χ1v) is 14.9. The molecule has 47 heavy (non-hydrogen) atoms. The molecular weight excluding hydrogens is 768 g/mol. The summed E-state index contributed by atoms with van der Waals surface area (Å²) in [6.07, 6.45) is 5.73. The maximum Gasteiger partial charge on any atom is 0.135 e. The second-order valence-corrected chi connectivity index (χ2v) is 11.1. The number of hydrogen-bond donors (Lipinski definition) is 0. The number of anilines is 4. The van der Waals surface area contributed by atoms with E-state index >= 15 is 0 Å². The Morgan fingerprint density at radius 2 is 1.49 bits per heavy atom. The zero-order chi connectivity index (χ0) is 30.6. The number of nitrogens with zero attached hydrogens (tertiary/aromatic N) is 4. The molecule has 0 fully saturated rings. The van der Waals surface area contributed by atoms with Crippen molar-refractivity contribution >= 4 is 66.8 Å². The van der Waals surface area contributed by atoms with Gasteiger partial charge in [0.25, 0.3) is 0 Å². The van der Waals surface area contributed by atoms with E-state index in [-0.39, 0.29) is 21.1 Å². The normalized spacial score (nSPS) is 12.8. The molecule has 0 saturated heterocycles. The van der Waals surface area contributed by atoms with Gasteiger partial charge in [0.1, 0.15) is 17.0 Å². The second kappa shape index (κ2) is 11.7. The van der Waals surface area contributed by atoms with Crippen molar-refractivity contribution in [3.05, 3.63) is 147 Å². The van der Waals surface area contributed by atoms with Gasteiger partial charge in [0.05, 0.1) is 0 Å². The molecular formula is C39H25N4O3Pt-3. The van der Waals surface area contributed by atoms with Crippen LogP contribution in [0, 0.1) is 18.8 Å². The first-order valence-electron chi connectivity index (χ1n) is 14.9. The van der Waals surface area contributed by atoms with Crippen LogP contribution in [0.3, 0.4) is 0 Å². The molecule has 0 aliphatic carbocycles. The van der Waals surface area contributed by atoms with E-state index in [0.29, 0.717) is 28.4 Å².